The van der Waals surface area contributed by atoms with E-state index in [1.54, 1.807) is 12.1 Å². The Balaban J connectivity index is 2.56. The van der Waals surface area contributed by atoms with Gasteiger partial charge in [0, 0.05) is 15.9 Å². The monoisotopic (exact) mass is 391 g/mol. The minimum absolute atomic E-state index is 0.469. The summed E-state index contributed by atoms with van der Waals surface area (Å²) in [5, 5.41) is 10.8. The van der Waals surface area contributed by atoms with E-state index in [2.05, 4.69) is 31.9 Å². The van der Waals surface area contributed by atoms with Crippen molar-refractivity contribution in [2.24, 2.45) is 0 Å². The predicted molar refractivity (Wildman–Crippen MR) is 72.4 cm³/mol. The van der Waals surface area contributed by atoms with Crippen molar-refractivity contribution >= 4 is 43.9 Å². The molecule has 1 aliphatic heterocycles. The molecule has 1 aromatic rings. The Morgan fingerprint density at radius 2 is 2.16 bits per heavy atom. The van der Waals surface area contributed by atoms with E-state index >= 15 is 0 Å². The van der Waals surface area contributed by atoms with Crippen LogP contribution in [-0.4, -0.2) is 10.9 Å². The van der Waals surface area contributed by atoms with Crippen molar-refractivity contribution in [1.82, 2.24) is 0 Å². The van der Waals surface area contributed by atoms with Crippen molar-refractivity contribution in [3.8, 4) is 0 Å². The number of nitro groups is 1. The average molecular weight is 393 g/mol. The number of rotatable bonds is 2. The summed E-state index contributed by atoms with van der Waals surface area (Å²) in [5.74, 6) is -1.06. The number of nitrogens with zero attached hydrogens (tertiary/aromatic N) is 1. The van der Waals surface area contributed by atoms with Gasteiger partial charge in [0.15, 0.2) is 0 Å². The number of hydrogen-bond donors (Lipinski definition) is 0. The van der Waals surface area contributed by atoms with Gasteiger partial charge < -0.3 is 9.47 Å². The van der Waals surface area contributed by atoms with E-state index in [0.717, 1.165) is 4.47 Å². The van der Waals surface area contributed by atoms with E-state index in [1.165, 1.54) is 13.0 Å². The lowest BCUT2D eigenvalue weighted by Gasteiger charge is -2.23. The third kappa shape index (κ3) is 2.95. The highest BCUT2D eigenvalue weighted by Crippen LogP contribution is 2.39. The van der Waals surface area contributed by atoms with Crippen molar-refractivity contribution in [3.05, 3.63) is 48.2 Å². The molecule has 0 radical (unpaired) electrons. The summed E-state index contributed by atoms with van der Waals surface area (Å²) in [6.07, 6.45) is 0.144. The molecule has 100 valence electrons. The van der Waals surface area contributed by atoms with E-state index in [1.807, 2.05) is 0 Å². The van der Waals surface area contributed by atoms with Crippen molar-refractivity contribution in [3.63, 3.8) is 0 Å². The zero-order chi connectivity index (χ0) is 14.2. The largest absolute Gasteiger partial charge is 0.431 e. The first-order chi connectivity index (χ1) is 8.88. The Morgan fingerprint density at radius 3 is 2.74 bits per heavy atom. The van der Waals surface area contributed by atoms with Gasteiger partial charge in [-0.2, -0.15) is 0 Å². The second-order valence-electron chi connectivity index (χ2n) is 3.69. The van der Waals surface area contributed by atoms with Crippen LogP contribution in [0, 0.1) is 10.1 Å². The van der Waals surface area contributed by atoms with E-state index in [9.17, 15) is 14.9 Å². The maximum Gasteiger partial charge on any atom is 0.431 e. The molecule has 0 N–H and O–H groups in total. The minimum Gasteiger partial charge on any atom is -0.421 e. The highest BCUT2D eigenvalue weighted by atomic mass is 79.9. The van der Waals surface area contributed by atoms with Gasteiger partial charge in [0.25, 0.3) is 6.29 Å². The number of esters is 1. The highest BCUT2D eigenvalue weighted by molar-refractivity contribution is 9.11. The summed E-state index contributed by atoms with van der Waals surface area (Å²) in [6, 6.07) is 3.42. The van der Waals surface area contributed by atoms with E-state index in [4.69, 9.17) is 9.47 Å². The van der Waals surface area contributed by atoms with Crippen LogP contribution in [0.5, 0.6) is 0 Å². The lowest BCUT2D eigenvalue weighted by molar-refractivity contribution is -0.472. The molecule has 0 saturated heterocycles. The molecule has 0 bridgehead atoms. The molecule has 1 aliphatic rings. The van der Waals surface area contributed by atoms with Crippen LogP contribution in [0.15, 0.2) is 27.0 Å². The van der Waals surface area contributed by atoms with Crippen LogP contribution >= 0.6 is 31.9 Å². The molecule has 6 nitrogen and oxygen atoms in total. The lowest BCUT2D eigenvalue weighted by atomic mass is 10.1. The SMILES string of the molecule is CC(=O)O[C@H]1OC([N+](=O)[O-])=Cc2cc(Br)cc(Br)c21. The molecular formula is C11H7Br2NO5. The highest BCUT2D eigenvalue weighted by Gasteiger charge is 2.32. The van der Waals surface area contributed by atoms with Crippen LogP contribution < -0.4 is 0 Å². The number of benzene rings is 1. The first kappa shape index (κ1) is 14.0. The third-order valence-corrected chi connectivity index (χ3v) is 3.44. The molecule has 0 unspecified atom stereocenters. The molecule has 0 amide bonds. The third-order valence-electron chi connectivity index (χ3n) is 2.32. The summed E-state index contributed by atoms with van der Waals surface area (Å²) < 4.78 is 11.4. The van der Waals surface area contributed by atoms with Crippen LogP contribution in [0.3, 0.4) is 0 Å². The van der Waals surface area contributed by atoms with Crippen molar-refractivity contribution in [2.45, 2.75) is 13.2 Å². The zero-order valence-electron chi connectivity index (χ0n) is 9.55. The summed E-state index contributed by atoms with van der Waals surface area (Å²) in [7, 11) is 0. The quantitative estimate of drug-likeness (QED) is 0.438. The maximum absolute atomic E-state index is 11.1. The van der Waals surface area contributed by atoms with Crippen LogP contribution in [0.1, 0.15) is 24.3 Å². The zero-order valence-corrected chi connectivity index (χ0v) is 12.7. The van der Waals surface area contributed by atoms with Gasteiger partial charge in [-0.1, -0.05) is 31.9 Å². The van der Waals surface area contributed by atoms with Crippen molar-refractivity contribution < 1.29 is 19.2 Å². The molecule has 2 rings (SSSR count). The van der Waals surface area contributed by atoms with Gasteiger partial charge in [-0.05, 0) is 17.7 Å². The Bertz CT molecular complexity index is 599. The van der Waals surface area contributed by atoms with E-state index in [0.29, 0.717) is 15.6 Å². The average Bonchev–Trinajstić information content (AvgIpc) is 2.26. The topological polar surface area (TPSA) is 78.7 Å². The van der Waals surface area contributed by atoms with Crippen LogP contribution in [0.25, 0.3) is 6.08 Å². The smallest absolute Gasteiger partial charge is 0.421 e. The van der Waals surface area contributed by atoms with Gasteiger partial charge in [0.1, 0.15) is 4.92 Å². The molecule has 19 heavy (non-hydrogen) atoms. The Kier molecular flexibility index (Phi) is 3.91. The normalized spacial score (nSPS) is 17.0. The summed E-state index contributed by atoms with van der Waals surface area (Å²) in [4.78, 5) is 21.2. The molecular weight excluding hydrogens is 386 g/mol. The van der Waals surface area contributed by atoms with Crippen molar-refractivity contribution in [2.75, 3.05) is 0 Å². The lowest BCUT2D eigenvalue weighted by Crippen LogP contribution is -2.20. The van der Waals surface area contributed by atoms with E-state index < -0.39 is 23.1 Å². The van der Waals surface area contributed by atoms with Gasteiger partial charge in [-0.3, -0.25) is 14.9 Å². The second kappa shape index (κ2) is 5.30. The number of fused-ring (bicyclic) bond motifs is 1. The summed E-state index contributed by atoms with van der Waals surface area (Å²) in [5.41, 5.74) is 1.08. The molecule has 0 aromatic heterocycles. The first-order valence-corrected chi connectivity index (χ1v) is 6.66. The van der Waals surface area contributed by atoms with E-state index in [-0.39, 0.29) is 0 Å². The number of ether oxygens (including phenoxy) is 2. The molecule has 1 atom stereocenters. The Labute approximate surface area is 124 Å². The second-order valence-corrected chi connectivity index (χ2v) is 5.46. The van der Waals surface area contributed by atoms with Gasteiger partial charge in [-0.25, -0.2) is 0 Å². The molecule has 1 aromatic carbocycles. The fourth-order valence-electron chi connectivity index (χ4n) is 1.64. The minimum atomic E-state index is -1.14. The standard InChI is InChI=1S/C11H7Br2NO5/c1-5(15)18-11-10-6(2-7(12)4-8(10)13)3-9(19-11)14(16)17/h2-4,11H,1H3/t11-/m0/s1. The summed E-state index contributed by atoms with van der Waals surface area (Å²) in [6.45, 7) is 1.21. The number of halogens is 2. The van der Waals surface area contributed by atoms with Gasteiger partial charge in [0.05, 0.1) is 11.6 Å². The first-order valence-electron chi connectivity index (χ1n) is 5.07. The van der Waals surface area contributed by atoms with Crippen LogP contribution in [0.2, 0.25) is 0 Å². The molecule has 0 fully saturated rings. The molecule has 0 saturated carbocycles. The molecule has 8 heteroatoms. The Morgan fingerprint density at radius 1 is 1.47 bits per heavy atom. The maximum atomic E-state index is 11.1. The Hall–Kier alpha value is -1.41. The number of carbonyl (C=O) groups excluding carboxylic acids is 1. The molecule has 0 aliphatic carbocycles. The van der Waals surface area contributed by atoms with Gasteiger partial charge in [0.2, 0.25) is 0 Å². The predicted octanol–water partition coefficient (Wildman–Crippen LogP) is 3.38. The fraction of sp³-hybridized carbons (Fsp3) is 0.182. The number of carbonyl (C=O) groups is 1. The molecule has 1 heterocycles. The number of hydrogen-bond acceptors (Lipinski definition) is 5. The van der Waals surface area contributed by atoms with Crippen LogP contribution in [-0.2, 0) is 14.3 Å². The van der Waals surface area contributed by atoms with Gasteiger partial charge in [-0.15, -0.1) is 0 Å². The fourth-order valence-corrected chi connectivity index (χ4v) is 3.08. The van der Waals surface area contributed by atoms with Crippen LogP contribution in [0.4, 0.5) is 0 Å². The van der Waals surface area contributed by atoms with Crippen molar-refractivity contribution in [1.29, 1.82) is 0 Å². The summed E-state index contributed by atoms with van der Waals surface area (Å²) >= 11 is 6.61. The van der Waals surface area contributed by atoms with Gasteiger partial charge >= 0.3 is 11.9 Å². The molecule has 0 spiro atoms.